The molecule has 0 heterocycles. The molecule has 0 bridgehead atoms. The van der Waals surface area contributed by atoms with Crippen molar-refractivity contribution in [2.75, 3.05) is 0 Å². The fourth-order valence-electron chi connectivity index (χ4n) is 1.64. The van der Waals surface area contributed by atoms with Crippen LogP contribution in [0, 0.1) is 6.92 Å². The van der Waals surface area contributed by atoms with E-state index in [-0.39, 0.29) is 12.8 Å². The van der Waals surface area contributed by atoms with Crippen LogP contribution in [0.5, 0.6) is 0 Å². The normalized spacial score (nSPS) is 12.9. The predicted molar refractivity (Wildman–Crippen MR) is 91.6 cm³/mol. The molecule has 2 aromatic carbocycles. The SMILES string of the molecule is Cc1ccc(S(=O)(=O)/C(I)=C(\Cl)c2ccccc2)cc1. The van der Waals surface area contributed by atoms with Crippen LogP contribution in [0.2, 0.25) is 0 Å². The van der Waals surface area contributed by atoms with Crippen LogP contribution in [0.4, 0.5) is 0 Å². The Morgan fingerprint density at radius 3 is 2.10 bits per heavy atom. The Labute approximate surface area is 137 Å². The van der Waals surface area contributed by atoms with Crippen molar-refractivity contribution in [1.29, 1.82) is 0 Å². The number of benzene rings is 2. The average Bonchev–Trinajstić information content (AvgIpc) is 2.47. The molecular weight excluding hydrogens is 407 g/mol. The van der Waals surface area contributed by atoms with E-state index < -0.39 is 9.84 Å². The third kappa shape index (κ3) is 3.24. The quantitative estimate of drug-likeness (QED) is 0.673. The summed E-state index contributed by atoms with van der Waals surface area (Å²) in [5.41, 5.74) is 1.70. The van der Waals surface area contributed by atoms with Gasteiger partial charge >= 0.3 is 0 Å². The van der Waals surface area contributed by atoms with Crippen LogP contribution in [-0.4, -0.2) is 8.42 Å². The Morgan fingerprint density at radius 2 is 1.55 bits per heavy atom. The Bertz CT molecular complexity index is 735. The number of halogens is 2. The lowest BCUT2D eigenvalue weighted by atomic mass is 10.2. The fraction of sp³-hybridized carbons (Fsp3) is 0.0667. The van der Waals surface area contributed by atoms with Gasteiger partial charge in [-0.05, 0) is 47.2 Å². The molecule has 104 valence electrons. The summed E-state index contributed by atoms with van der Waals surface area (Å²) in [4.78, 5) is 0.251. The van der Waals surface area contributed by atoms with Crippen molar-refractivity contribution in [2.45, 2.75) is 11.8 Å². The van der Waals surface area contributed by atoms with Crippen molar-refractivity contribution >= 4 is 49.1 Å². The van der Waals surface area contributed by atoms with Crippen LogP contribution in [0.3, 0.4) is 0 Å². The maximum absolute atomic E-state index is 12.5. The molecule has 2 rings (SSSR count). The van der Waals surface area contributed by atoms with E-state index in [4.69, 9.17) is 11.6 Å². The van der Waals surface area contributed by atoms with Crippen molar-refractivity contribution in [2.24, 2.45) is 0 Å². The Kier molecular flexibility index (Phi) is 4.88. The Balaban J connectivity index is 2.51. The highest BCUT2D eigenvalue weighted by atomic mass is 127. The highest BCUT2D eigenvalue weighted by Gasteiger charge is 2.22. The second kappa shape index (κ2) is 6.28. The van der Waals surface area contributed by atoms with Gasteiger partial charge in [-0.25, -0.2) is 8.42 Å². The third-order valence-electron chi connectivity index (χ3n) is 2.77. The molecule has 0 aromatic heterocycles. The molecule has 20 heavy (non-hydrogen) atoms. The van der Waals surface area contributed by atoms with E-state index in [0.717, 1.165) is 5.56 Å². The summed E-state index contributed by atoms with van der Waals surface area (Å²) >= 11 is 8.00. The summed E-state index contributed by atoms with van der Waals surface area (Å²) in [6.45, 7) is 1.91. The predicted octanol–water partition coefficient (Wildman–Crippen LogP) is 4.77. The van der Waals surface area contributed by atoms with E-state index in [1.807, 2.05) is 25.1 Å². The Morgan fingerprint density at radius 1 is 1.00 bits per heavy atom. The van der Waals surface area contributed by atoms with Crippen molar-refractivity contribution < 1.29 is 8.42 Å². The highest BCUT2D eigenvalue weighted by molar-refractivity contribution is 14.1. The summed E-state index contributed by atoms with van der Waals surface area (Å²) in [6, 6.07) is 15.8. The second-order valence-electron chi connectivity index (χ2n) is 4.27. The second-order valence-corrected chi connectivity index (χ2v) is 8.35. The molecule has 0 spiro atoms. The van der Waals surface area contributed by atoms with E-state index in [2.05, 4.69) is 0 Å². The van der Waals surface area contributed by atoms with Gasteiger partial charge < -0.3 is 0 Å². The van der Waals surface area contributed by atoms with Gasteiger partial charge in [0, 0.05) is 0 Å². The van der Waals surface area contributed by atoms with Crippen LogP contribution < -0.4 is 0 Å². The van der Waals surface area contributed by atoms with Gasteiger partial charge in [0.25, 0.3) is 0 Å². The fourth-order valence-corrected chi connectivity index (χ4v) is 4.20. The first-order valence-electron chi connectivity index (χ1n) is 5.85. The topological polar surface area (TPSA) is 34.1 Å². The van der Waals surface area contributed by atoms with Gasteiger partial charge in [-0.15, -0.1) is 0 Å². The number of hydrogen-bond acceptors (Lipinski definition) is 2. The van der Waals surface area contributed by atoms with E-state index in [0.29, 0.717) is 5.56 Å². The zero-order valence-corrected chi connectivity index (χ0v) is 14.4. The minimum Gasteiger partial charge on any atom is -0.218 e. The molecule has 0 amide bonds. The van der Waals surface area contributed by atoms with Crippen LogP contribution in [-0.2, 0) is 9.84 Å². The third-order valence-corrected chi connectivity index (χ3v) is 7.45. The molecule has 0 fully saturated rings. The van der Waals surface area contributed by atoms with E-state index in [1.165, 1.54) is 0 Å². The Hall–Kier alpha value is -0.850. The molecule has 0 N–H and O–H groups in total. The zero-order chi connectivity index (χ0) is 14.8. The summed E-state index contributed by atoms with van der Waals surface area (Å²) in [6.07, 6.45) is 0. The first kappa shape index (κ1) is 15.5. The largest absolute Gasteiger partial charge is 0.218 e. The lowest BCUT2D eigenvalue weighted by Gasteiger charge is -2.07. The van der Waals surface area contributed by atoms with Crippen LogP contribution in [0.15, 0.2) is 62.4 Å². The molecule has 0 aliphatic heterocycles. The van der Waals surface area contributed by atoms with Gasteiger partial charge in [0.15, 0.2) is 0 Å². The van der Waals surface area contributed by atoms with Crippen LogP contribution in [0.1, 0.15) is 11.1 Å². The van der Waals surface area contributed by atoms with Gasteiger partial charge in [0.05, 0.1) is 9.93 Å². The van der Waals surface area contributed by atoms with E-state index in [1.54, 1.807) is 59.0 Å². The minimum absolute atomic E-state index is 0.131. The summed E-state index contributed by atoms with van der Waals surface area (Å²) in [5, 5.41) is 0.242. The first-order chi connectivity index (χ1) is 9.43. The van der Waals surface area contributed by atoms with Crippen LogP contribution >= 0.6 is 34.2 Å². The maximum Gasteiger partial charge on any atom is 0.213 e. The van der Waals surface area contributed by atoms with E-state index >= 15 is 0 Å². The van der Waals surface area contributed by atoms with Crippen molar-refractivity contribution in [3.63, 3.8) is 0 Å². The molecule has 2 nitrogen and oxygen atoms in total. The summed E-state index contributed by atoms with van der Waals surface area (Å²) < 4.78 is 25.1. The van der Waals surface area contributed by atoms with Gasteiger partial charge in [-0.3, -0.25) is 0 Å². The lowest BCUT2D eigenvalue weighted by Crippen LogP contribution is -2.01. The molecule has 0 saturated carbocycles. The van der Waals surface area contributed by atoms with Gasteiger partial charge in [-0.1, -0.05) is 59.6 Å². The molecule has 0 saturated heterocycles. The smallest absolute Gasteiger partial charge is 0.213 e. The standard InChI is InChI=1S/C15H12ClIO2S/c1-11-7-9-13(10-8-11)20(18,19)15(17)14(16)12-5-3-2-4-6-12/h2-10H,1H3/b15-14-. The summed E-state index contributed by atoms with van der Waals surface area (Å²) in [5.74, 6) is 0. The van der Waals surface area contributed by atoms with Crippen molar-refractivity contribution in [1.82, 2.24) is 0 Å². The molecule has 0 unspecified atom stereocenters. The molecule has 0 atom stereocenters. The van der Waals surface area contributed by atoms with E-state index in [9.17, 15) is 8.42 Å². The lowest BCUT2D eigenvalue weighted by molar-refractivity contribution is 0.604. The maximum atomic E-state index is 12.5. The molecule has 2 aromatic rings. The molecular formula is C15H12ClIO2S. The number of rotatable bonds is 3. The molecule has 0 aliphatic rings. The number of aryl methyl sites for hydroxylation is 1. The highest BCUT2D eigenvalue weighted by Crippen LogP contribution is 2.34. The van der Waals surface area contributed by atoms with Gasteiger partial charge in [0.1, 0.15) is 2.91 Å². The van der Waals surface area contributed by atoms with Gasteiger partial charge in [-0.2, -0.15) is 0 Å². The number of hydrogen-bond donors (Lipinski definition) is 0. The minimum atomic E-state index is -3.57. The monoisotopic (exact) mass is 418 g/mol. The molecule has 0 aliphatic carbocycles. The molecule has 5 heteroatoms. The van der Waals surface area contributed by atoms with Crippen molar-refractivity contribution in [3.8, 4) is 0 Å². The first-order valence-corrected chi connectivity index (χ1v) is 8.79. The average molecular weight is 419 g/mol. The van der Waals surface area contributed by atoms with Crippen LogP contribution in [0.25, 0.3) is 5.03 Å². The number of sulfone groups is 1. The van der Waals surface area contributed by atoms with Gasteiger partial charge in [0.2, 0.25) is 9.84 Å². The summed E-state index contributed by atoms with van der Waals surface area (Å²) in [7, 11) is -3.57. The molecule has 0 radical (unpaired) electrons. The van der Waals surface area contributed by atoms with Crippen molar-refractivity contribution in [3.05, 3.63) is 68.6 Å². The zero-order valence-electron chi connectivity index (χ0n) is 10.7.